The van der Waals surface area contributed by atoms with Crippen LogP contribution in [0, 0.1) is 26.1 Å². The van der Waals surface area contributed by atoms with E-state index >= 15 is 0 Å². The molecule has 1 saturated heterocycles. The lowest BCUT2D eigenvalue weighted by atomic mass is 9.84. The molecule has 0 radical (unpaired) electrons. The van der Waals surface area contributed by atoms with Crippen LogP contribution in [0.25, 0.3) is 10.8 Å². The molecule has 1 aliphatic heterocycles. The molecular formula is C26H29N3O7S. The van der Waals surface area contributed by atoms with Crippen LogP contribution in [0.3, 0.4) is 0 Å². The minimum atomic E-state index is -3.86. The minimum absolute atomic E-state index is 0. The third kappa shape index (κ3) is 5.14. The van der Waals surface area contributed by atoms with E-state index in [-0.39, 0.29) is 29.9 Å². The zero-order valence-electron chi connectivity index (χ0n) is 19.4. The third-order valence-corrected chi connectivity index (χ3v) is 9.06. The molecule has 1 heterocycles. The maximum Gasteiger partial charge on any atom is 0.318 e. The van der Waals surface area contributed by atoms with Gasteiger partial charge in [-0.2, -0.15) is 4.31 Å². The molecule has 2 aliphatic rings. The van der Waals surface area contributed by atoms with Crippen LogP contribution in [0.5, 0.6) is 11.5 Å². The van der Waals surface area contributed by atoms with Crippen molar-refractivity contribution >= 4 is 32.2 Å². The standard InChI is InChI=1S/C25H25N3O7S.CH4/c29-27(30)20-10-11-24(23(15-20)28(31)32)35-25-16-21(14-18-7-1-2-9-22(18)25)36(33,34)26-12-4-6-17-5-3-8-19(26)13-17;/h1-2,7,9-11,14-17,19H,3-6,8,12-13H2;1H4. The van der Waals surface area contributed by atoms with Crippen molar-refractivity contribution in [2.24, 2.45) is 5.92 Å². The first-order valence-electron chi connectivity index (χ1n) is 11.9. The van der Waals surface area contributed by atoms with E-state index in [0.29, 0.717) is 23.2 Å². The number of rotatable bonds is 6. The van der Waals surface area contributed by atoms with E-state index in [1.54, 1.807) is 34.6 Å². The van der Waals surface area contributed by atoms with Gasteiger partial charge < -0.3 is 4.74 Å². The largest absolute Gasteiger partial charge is 0.449 e. The topological polar surface area (TPSA) is 133 Å². The van der Waals surface area contributed by atoms with Crippen molar-refractivity contribution in [3.05, 3.63) is 74.8 Å². The molecule has 0 spiro atoms. The minimum Gasteiger partial charge on any atom is -0.449 e. The molecular weight excluding hydrogens is 498 g/mol. The fourth-order valence-corrected chi connectivity index (χ4v) is 7.16. The Balaban J connectivity index is 0.00000320. The first kappa shape index (κ1) is 26.5. The zero-order valence-corrected chi connectivity index (χ0v) is 20.2. The number of nitrogens with zero attached hydrogens (tertiary/aromatic N) is 3. The summed E-state index contributed by atoms with van der Waals surface area (Å²) in [4.78, 5) is 21.3. The van der Waals surface area contributed by atoms with Crippen molar-refractivity contribution in [3.63, 3.8) is 0 Å². The monoisotopic (exact) mass is 527 g/mol. The van der Waals surface area contributed by atoms with Crippen LogP contribution in [0.4, 0.5) is 11.4 Å². The molecule has 1 aliphatic carbocycles. The lowest BCUT2D eigenvalue weighted by molar-refractivity contribution is -0.394. The Morgan fingerprint density at radius 1 is 0.892 bits per heavy atom. The second-order valence-corrected chi connectivity index (χ2v) is 11.2. The average molecular weight is 528 g/mol. The summed E-state index contributed by atoms with van der Waals surface area (Å²) < 4.78 is 35.3. The van der Waals surface area contributed by atoms with Gasteiger partial charge in [-0.3, -0.25) is 20.2 Å². The predicted molar refractivity (Wildman–Crippen MR) is 139 cm³/mol. The SMILES string of the molecule is C.O=[N+]([O-])c1ccc(Oc2cc(S(=O)(=O)N3CCCC4CCCC3C4)cc3ccccc23)c([N+](=O)[O-])c1. The molecule has 1 saturated carbocycles. The van der Waals surface area contributed by atoms with Crippen molar-refractivity contribution in [2.45, 2.75) is 56.9 Å². The zero-order chi connectivity index (χ0) is 25.4. The number of ether oxygens (including phenoxy) is 1. The van der Waals surface area contributed by atoms with E-state index in [9.17, 15) is 28.6 Å². The number of hydrogen-bond acceptors (Lipinski definition) is 7. The summed E-state index contributed by atoms with van der Waals surface area (Å²) in [5, 5.41) is 23.9. The second-order valence-electron chi connectivity index (χ2n) is 9.36. The normalized spacial score (nSPS) is 20.0. The van der Waals surface area contributed by atoms with Gasteiger partial charge in [-0.25, -0.2) is 8.42 Å². The first-order valence-corrected chi connectivity index (χ1v) is 13.3. The Hall–Kier alpha value is -3.57. The van der Waals surface area contributed by atoms with Crippen molar-refractivity contribution in [1.29, 1.82) is 0 Å². The highest BCUT2D eigenvalue weighted by atomic mass is 32.2. The Kier molecular flexibility index (Phi) is 7.47. The van der Waals surface area contributed by atoms with Crippen LogP contribution >= 0.6 is 0 Å². The molecule has 2 atom stereocenters. The molecule has 37 heavy (non-hydrogen) atoms. The summed E-state index contributed by atoms with van der Waals surface area (Å²) in [6.45, 7) is 0.459. The fourth-order valence-electron chi connectivity index (χ4n) is 5.41. The van der Waals surface area contributed by atoms with Gasteiger partial charge in [0.15, 0.2) is 0 Å². The highest BCUT2D eigenvalue weighted by molar-refractivity contribution is 7.89. The smallest absolute Gasteiger partial charge is 0.318 e. The summed E-state index contributed by atoms with van der Waals surface area (Å²) in [5.41, 5.74) is -1.02. The number of fused-ring (bicyclic) bond motifs is 3. The van der Waals surface area contributed by atoms with Crippen molar-refractivity contribution < 1.29 is 23.0 Å². The van der Waals surface area contributed by atoms with E-state index in [1.165, 1.54) is 6.07 Å². The summed E-state index contributed by atoms with van der Waals surface area (Å²) in [5.74, 6) is 0.470. The summed E-state index contributed by atoms with van der Waals surface area (Å²) in [6.07, 6.45) is 5.70. The van der Waals surface area contributed by atoms with Gasteiger partial charge in [-0.1, -0.05) is 44.5 Å². The number of benzene rings is 3. The van der Waals surface area contributed by atoms with Crippen LogP contribution < -0.4 is 4.74 Å². The lowest BCUT2D eigenvalue weighted by Crippen LogP contribution is -2.41. The summed E-state index contributed by atoms with van der Waals surface area (Å²) in [7, 11) is -3.86. The maximum atomic E-state index is 13.9. The predicted octanol–water partition coefficient (Wildman–Crippen LogP) is 6.43. The molecule has 11 heteroatoms. The summed E-state index contributed by atoms with van der Waals surface area (Å²) >= 11 is 0. The van der Waals surface area contributed by atoms with Crippen molar-refractivity contribution in [1.82, 2.24) is 4.31 Å². The van der Waals surface area contributed by atoms with E-state index in [4.69, 9.17) is 4.74 Å². The Morgan fingerprint density at radius 3 is 2.41 bits per heavy atom. The average Bonchev–Trinajstić information content (AvgIpc) is 3.01. The van der Waals surface area contributed by atoms with Crippen LogP contribution in [-0.2, 0) is 10.0 Å². The maximum absolute atomic E-state index is 13.9. The van der Waals surface area contributed by atoms with Crippen LogP contribution in [0.15, 0.2) is 59.5 Å². The number of non-ortho nitro benzene ring substituents is 1. The number of sulfonamides is 1. The van der Waals surface area contributed by atoms with Crippen molar-refractivity contribution in [2.75, 3.05) is 6.54 Å². The third-order valence-electron chi connectivity index (χ3n) is 7.13. The molecule has 0 aromatic heterocycles. The molecule has 2 bridgehead atoms. The summed E-state index contributed by atoms with van der Waals surface area (Å²) in [6, 6.07) is 13.1. The molecule has 0 N–H and O–H groups in total. The first-order chi connectivity index (χ1) is 17.2. The van der Waals surface area contributed by atoms with Gasteiger partial charge in [0.1, 0.15) is 5.75 Å². The number of hydrogen-bond donors (Lipinski definition) is 0. The van der Waals surface area contributed by atoms with E-state index < -0.39 is 31.2 Å². The van der Waals surface area contributed by atoms with Gasteiger partial charge in [0.2, 0.25) is 15.8 Å². The van der Waals surface area contributed by atoms with E-state index in [1.807, 2.05) is 0 Å². The van der Waals surface area contributed by atoms with Crippen molar-refractivity contribution in [3.8, 4) is 11.5 Å². The van der Waals surface area contributed by atoms with Gasteiger partial charge in [-0.15, -0.1) is 0 Å². The molecule has 3 aromatic rings. The van der Waals surface area contributed by atoms with E-state index in [2.05, 4.69) is 0 Å². The van der Waals surface area contributed by atoms with Crippen LogP contribution in [0.2, 0.25) is 0 Å². The lowest BCUT2D eigenvalue weighted by Gasteiger charge is -2.33. The molecule has 10 nitrogen and oxygen atoms in total. The van der Waals surface area contributed by atoms with Gasteiger partial charge in [0.05, 0.1) is 20.8 Å². The van der Waals surface area contributed by atoms with Gasteiger partial charge >= 0.3 is 5.69 Å². The van der Waals surface area contributed by atoms with Gasteiger partial charge in [0.25, 0.3) is 5.69 Å². The Morgan fingerprint density at radius 2 is 1.65 bits per heavy atom. The Labute approximate surface area is 215 Å². The number of nitro groups is 2. The highest BCUT2D eigenvalue weighted by Gasteiger charge is 2.37. The number of nitro benzene ring substituents is 2. The highest BCUT2D eigenvalue weighted by Crippen LogP contribution is 2.41. The van der Waals surface area contributed by atoms with E-state index in [0.717, 1.165) is 56.7 Å². The molecule has 2 unspecified atom stereocenters. The quantitative estimate of drug-likeness (QED) is 0.266. The van der Waals surface area contributed by atoms with Gasteiger partial charge in [0, 0.05) is 30.1 Å². The molecule has 196 valence electrons. The molecule has 0 amide bonds. The molecule has 5 rings (SSSR count). The molecule has 2 fully saturated rings. The molecule has 3 aromatic carbocycles. The van der Waals surface area contributed by atoms with Gasteiger partial charge in [-0.05, 0) is 49.1 Å². The fraction of sp³-hybridized carbons (Fsp3) is 0.385. The second kappa shape index (κ2) is 10.4. The Bertz CT molecular complexity index is 1460. The van der Waals surface area contributed by atoms with Crippen LogP contribution in [-0.4, -0.2) is 35.2 Å². The van der Waals surface area contributed by atoms with Crippen LogP contribution in [0.1, 0.15) is 46.0 Å².